The smallest absolute Gasteiger partial charge is 0.267 e. The zero-order valence-electron chi connectivity index (χ0n) is 15.2. The van der Waals surface area contributed by atoms with Crippen molar-refractivity contribution in [2.75, 3.05) is 6.61 Å². The van der Waals surface area contributed by atoms with Crippen molar-refractivity contribution >= 4 is 10.0 Å². The number of nitrogens with one attached hydrogen (secondary N) is 1. The number of hydrogen-bond acceptors (Lipinski definition) is 6. The first-order chi connectivity index (χ1) is 12.9. The number of imidazole rings is 1. The summed E-state index contributed by atoms with van der Waals surface area (Å²) in [5.74, 6) is 0. The van der Waals surface area contributed by atoms with Crippen LogP contribution in [0, 0.1) is 0 Å². The normalized spacial score (nSPS) is 23.1. The molecule has 2 aromatic rings. The lowest BCUT2D eigenvalue weighted by atomic mass is 9.92. The standard InChI is InChI=1S/C17H23N5O4S/c1-21-9-16(18-11-21)27(24,25)20-13-2-4-14(5-3-13)22-17(23)8-12-10-26-7-6-15(12)19-22/h8-9,11,13-14,20H,2-7,10H2,1H3. The van der Waals surface area contributed by atoms with E-state index in [1.807, 2.05) is 0 Å². The highest BCUT2D eigenvalue weighted by Crippen LogP contribution is 2.28. The van der Waals surface area contributed by atoms with E-state index in [0.29, 0.717) is 38.9 Å². The molecular formula is C17H23N5O4S. The topological polar surface area (TPSA) is 108 Å². The van der Waals surface area contributed by atoms with Crippen LogP contribution in [0.2, 0.25) is 0 Å². The molecule has 27 heavy (non-hydrogen) atoms. The molecule has 1 fully saturated rings. The molecule has 0 aromatic carbocycles. The Hall–Kier alpha value is -2.04. The first kappa shape index (κ1) is 18.3. The monoisotopic (exact) mass is 393 g/mol. The third-order valence-corrected chi connectivity index (χ3v) is 6.59. The highest BCUT2D eigenvalue weighted by atomic mass is 32.2. The van der Waals surface area contributed by atoms with Gasteiger partial charge in [0.05, 0.1) is 31.3 Å². The van der Waals surface area contributed by atoms with Gasteiger partial charge in [0.25, 0.3) is 15.6 Å². The van der Waals surface area contributed by atoms with E-state index in [1.165, 1.54) is 12.5 Å². The molecule has 0 radical (unpaired) electrons. The third-order valence-electron chi connectivity index (χ3n) is 5.18. The summed E-state index contributed by atoms with van der Waals surface area (Å²) in [5.41, 5.74) is 1.69. The van der Waals surface area contributed by atoms with Crippen molar-refractivity contribution in [2.45, 2.75) is 55.8 Å². The van der Waals surface area contributed by atoms with E-state index in [-0.39, 0.29) is 22.7 Å². The zero-order valence-corrected chi connectivity index (χ0v) is 16.0. The summed E-state index contributed by atoms with van der Waals surface area (Å²) in [5, 5.41) is 4.59. The number of nitrogens with zero attached hydrogens (tertiary/aromatic N) is 4. The molecule has 1 aliphatic heterocycles. The van der Waals surface area contributed by atoms with Crippen LogP contribution in [0.5, 0.6) is 0 Å². The maximum atomic E-state index is 12.4. The van der Waals surface area contributed by atoms with Gasteiger partial charge in [-0.2, -0.15) is 5.10 Å². The van der Waals surface area contributed by atoms with Crippen LogP contribution >= 0.6 is 0 Å². The van der Waals surface area contributed by atoms with Crippen molar-refractivity contribution in [1.29, 1.82) is 0 Å². The Morgan fingerprint density at radius 1 is 1.26 bits per heavy atom. The van der Waals surface area contributed by atoms with E-state index >= 15 is 0 Å². The van der Waals surface area contributed by atoms with Gasteiger partial charge in [-0.15, -0.1) is 0 Å². The Kier molecular flexibility index (Phi) is 4.87. The second kappa shape index (κ2) is 7.17. The predicted octanol–water partition coefficient (Wildman–Crippen LogP) is 0.512. The SMILES string of the molecule is Cn1cnc(S(=O)(=O)NC2CCC(n3nc4c(cc3=O)COCC4)CC2)c1. The zero-order chi connectivity index (χ0) is 19.0. The summed E-state index contributed by atoms with van der Waals surface area (Å²) in [6.45, 7) is 1.07. The Labute approximate surface area is 157 Å². The number of sulfonamides is 1. The van der Waals surface area contributed by atoms with Crippen LogP contribution < -0.4 is 10.3 Å². The van der Waals surface area contributed by atoms with E-state index in [0.717, 1.165) is 17.7 Å². The van der Waals surface area contributed by atoms with Gasteiger partial charge in [0, 0.05) is 37.3 Å². The highest BCUT2D eigenvalue weighted by molar-refractivity contribution is 7.89. The third kappa shape index (κ3) is 3.83. The maximum Gasteiger partial charge on any atom is 0.267 e. The summed E-state index contributed by atoms with van der Waals surface area (Å²) in [4.78, 5) is 16.3. The van der Waals surface area contributed by atoms with Crippen LogP contribution in [-0.4, -0.2) is 40.4 Å². The molecule has 10 heteroatoms. The Bertz CT molecular complexity index is 989. The minimum Gasteiger partial charge on any atom is -0.376 e. The first-order valence-corrected chi connectivity index (χ1v) is 10.6. The van der Waals surface area contributed by atoms with E-state index in [1.54, 1.807) is 22.4 Å². The lowest BCUT2D eigenvalue weighted by Gasteiger charge is -2.30. The molecule has 0 amide bonds. The molecule has 0 unspecified atom stereocenters. The average molecular weight is 393 g/mol. The second-order valence-electron chi connectivity index (χ2n) is 7.21. The largest absolute Gasteiger partial charge is 0.376 e. The summed E-state index contributed by atoms with van der Waals surface area (Å²) >= 11 is 0. The number of ether oxygens (including phenoxy) is 1. The van der Waals surface area contributed by atoms with Crippen molar-refractivity contribution < 1.29 is 13.2 Å². The molecule has 0 spiro atoms. The quantitative estimate of drug-likeness (QED) is 0.811. The van der Waals surface area contributed by atoms with Gasteiger partial charge < -0.3 is 9.30 Å². The summed E-state index contributed by atoms with van der Waals surface area (Å²) in [6, 6.07) is 1.47. The fourth-order valence-corrected chi connectivity index (χ4v) is 5.02. The van der Waals surface area contributed by atoms with Gasteiger partial charge in [0.1, 0.15) is 0 Å². The summed E-state index contributed by atoms with van der Waals surface area (Å²) in [7, 11) is -1.89. The van der Waals surface area contributed by atoms with Gasteiger partial charge in [0.2, 0.25) is 0 Å². The molecule has 4 rings (SSSR count). The van der Waals surface area contributed by atoms with Crippen LogP contribution in [0.15, 0.2) is 28.4 Å². The van der Waals surface area contributed by atoms with Crippen LogP contribution in [0.3, 0.4) is 0 Å². The number of rotatable bonds is 4. The van der Waals surface area contributed by atoms with Crippen LogP contribution in [0.25, 0.3) is 0 Å². The molecule has 2 aliphatic rings. The van der Waals surface area contributed by atoms with Crippen molar-refractivity contribution in [3.63, 3.8) is 0 Å². The Morgan fingerprint density at radius 3 is 2.74 bits per heavy atom. The van der Waals surface area contributed by atoms with E-state index in [4.69, 9.17) is 4.74 Å². The number of aryl methyl sites for hydroxylation is 1. The van der Waals surface area contributed by atoms with Gasteiger partial charge in [-0.25, -0.2) is 22.8 Å². The van der Waals surface area contributed by atoms with Crippen molar-refractivity contribution in [3.05, 3.63) is 40.2 Å². The fourth-order valence-electron chi connectivity index (χ4n) is 3.74. The maximum absolute atomic E-state index is 12.4. The first-order valence-electron chi connectivity index (χ1n) is 9.12. The minimum absolute atomic E-state index is 0.00116. The molecule has 1 saturated carbocycles. The Morgan fingerprint density at radius 2 is 2.04 bits per heavy atom. The van der Waals surface area contributed by atoms with Crippen LogP contribution in [0.4, 0.5) is 0 Å². The lowest BCUT2D eigenvalue weighted by Crippen LogP contribution is -2.40. The van der Waals surface area contributed by atoms with E-state index < -0.39 is 10.0 Å². The molecule has 3 heterocycles. The molecule has 1 N–H and O–H groups in total. The number of hydrogen-bond donors (Lipinski definition) is 1. The molecule has 0 saturated heterocycles. The minimum atomic E-state index is -3.62. The van der Waals surface area contributed by atoms with Gasteiger partial charge in [-0.3, -0.25) is 4.79 Å². The van der Waals surface area contributed by atoms with E-state index in [2.05, 4.69) is 14.8 Å². The Balaban J connectivity index is 1.43. The molecule has 0 atom stereocenters. The van der Waals surface area contributed by atoms with Gasteiger partial charge >= 0.3 is 0 Å². The predicted molar refractivity (Wildman–Crippen MR) is 96.7 cm³/mol. The van der Waals surface area contributed by atoms with Gasteiger partial charge in [-0.1, -0.05) is 0 Å². The number of aromatic nitrogens is 4. The van der Waals surface area contributed by atoms with Crippen molar-refractivity contribution in [3.8, 4) is 0 Å². The molecule has 146 valence electrons. The van der Waals surface area contributed by atoms with Crippen LogP contribution in [0.1, 0.15) is 43.0 Å². The molecule has 9 nitrogen and oxygen atoms in total. The van der Waals surface area contributed by atoms with E-state index in [9.17, 15) is 13.2 Å². The van der Waals surface area contributed by atoms with Gasteiger partial charge in [-0.05, 0) is 25.7 Å². The highest BCUT2D eigenvalue weighted by Gasteiger charge is 2.29. The summed E-state index contributed by atoms with van der Waals surface area (Å²) < 4.78 is 36.1. The second-order valence-corrected chi connectivity index (χ2v) is 8.87. The van der Waals surface area contributed by atoms with Crippen molar-refractivity contribution in [1.82, 2.24) is 24.1 Å². The molecule has 1 aliphatic carbocycles. The fraction of sp³-hybridized carbons (Fsp3) is 0.588. The van der Waals surface area contributed by atoms with Gasteiger partial charge in [0.15, 0.2) is 5.03 Å². The summed E-state index contributed by atoms with van der Waals surface area (Å²) in [6.07, 6.45) is 6.39. The average Bonchev–Trinajstić information content (AvgIpc) is 3.09. The number of fused-ring (bicyclic) bond motifs is 1. The lowest BCUT2D eigenvalue weighted by molar-refractivity contribution is 0.107. The van der Waals surface area contributed by atoms with Crippen molar-refractivity contribution in [2.24, 2.45) is 7.05 Å². The molecule has 0 bridgehead atoms. The molecular weight excluding hydrogens is 370 g/mol. The van der Waals surface area contributed by atoms with Crippen LogP contribution in [-0.2, 0) is 34.8 Å². The molecule has 2 aromatic heterocycles.